The van der Waals surface area contributed by atoms with Crippen LogP contribution in [0.4, 0.5) is 11.5 Å². The highest BCUT2D eigenvalue weighted by Gasteiger charge is 2.08. The average molecular weight is 385 g/mol. The fourth-order valence-corrected chi connectivity index (χ4v) is 3.24. The van der Waals surface area contributed by atoms with E-state index in [4.69, 9.17) is 0 Å². The highest BCUT2D eigenvalue weighted by atomic mass is 16.6. The maximum Gasteiger partial charge on any atom is 0.287 e. The number of nitro groups is 1. The molecule has 1 N–H and O–H groups in total. The molecule has 0 aliphatic rings. The van der Waals surface area contributed by atoms with Crippen LogP contribution < -0.4 is 5.43 Å². The van der Waals surface area contributed by atoms with Gasteiger partial charge in [0.05, 0.1) is 11.1 Å². The Balaban J connectivity index is 1.57. The first-order valence-corrected chi connectivity index (χ1v) is 9.13. The molecule has 0 bridgehead atoms. The van der Waals surface area contributed by atoms with Gasteiger partial charge in [0, 0.05) is 35.3 Å². The standard InChI is InChI=1S/C22H19N5O2/c1-16-5-4-6-17(11-16)14-26-15-18(20-7-2-3-8-21(20)26)12-24-25-22-10-9-19(13-23-22)27(28)29/h2-13,15H,14H2,1H3,(H,23,25)/b24-12-. The molecule has 2 aromatic carbocycles. The van der Waals surface area contributed by atoms with Crippen molar-refractivity contribution in [3.05, 3.63) is 99.9 Å². The van der Waals surface area contributed by atoms with Crippen molar-refractivity contribution in [3.63, 3.8) is 0 Å². The summed E-state index contributed by atoms with van der Waals surface area (Å²) in [5.41, 5.74) is 7.34. The molecule has 4 aromatic rings. The van der Waals surface area contributed by atoms with E-state index in [0.29, 0.717) is 5.82 Å². The second-order valence-corrected chi connectivity index (χ2v) is 6.75. The van der Waals surface area contributed by atoms with Crippen LogP contribution in [0.1, 0.15) is 16.7 Å². The summed E-state index contributed by atoms with van der Waals surface area (Å²) in [5.74, 6) is 0.440. The van der Waals surface area contributed by atoms with Gasteiger partial charge in [-0.2, -0.15) is 5.10 Å². The molecule has 144 valence electrons. The lowest BCUT2D eigenvalue weighted by Crippen LogP contribution is -1.98. The third-order valence-corrected chi connectivity index (χ3v) is 4.60. The number of hydrogen-bond donors (Lipinski definition) is 1. The smallest absolute Gasteiger partial charge is 0.287 e. The van der Waals surface area contributed by atoms with Gasteiger partial charge in [-0.25, -0.2) is 4.98 Å². The number of benzene rings is 2. The molecule has 0 radical (unpaired) electrons. The summed E-state index contributed by atoms with van der Waals surface area (Å²) in [6.07, 6.45) is 5.01. The number of nitrogens with one attached hydrogen (secondary N) is 1. The fourth-order valence-electron chi connectivity index (χ4n) is 3.24. The van der Waals surface area contributed by atoms with Crippen molar-refractivity contribution in [2.24, 2.45) is 5.10 Å². The molecule has 0 atom stereocenters. The third kappa shape index (κ3) is 4.14. The maximum atomic E-state index is 10.7. The number of fused-ring (bicyclic) bond motifs is 1. The molecule has 7 nitrogen and oxygen atoms in total. The van der Waals surface area contributed by atoms with Crippen molar-refractivity contribution in [1.29, 1.82) is 0 Å². The highest BCUT2D eigenvalue weighted by Crippen LogP contribution is 2.21. The maximum absolute atomic E-state index is 10.7. The van der Waals surface area contributed by atoms with E-state index in [-0.39, 0.29) is 5.69 Å². The summed E-state index contributed by atoms with van der Waals surface area (Å²) < 4.78 is 2.20. The van der Waals surface area contributed by atoms with Crippen LogP contribution in [0, 0.1) is 17.0 Å². The van der Waals surface area contributed by atoms with Gasteiger partial charge in [-0.3, -0.25) is 15.5 Å². The van der Waals surface area contributed by atoms with Gasteiger partial charge >= 0.3 is 0 Å². The lowest BCUT2D eigenvalue weighted by atomic mass is 10.1. The van der Waals surface area contributed by atoms with Crippen LogP contribution in [0.25, 0.3) is 10.9 Å². The van der Waals surface area contributed by atoms with E-state index in [1.54, 1.807) is 6.21 Å². The first kappa shape index (κ1) is 18.4. The first-order chi connectivity index (χ1) is 14.1. The van der Waals surface area contributed by atoms with Crippen molar-refractivity contribution in [2.45, 2.75) is 13.5 Å². The summed E-state index contributed by atoms with van der Waals surface area (Å²) in [6, 6.07) is 19.6. The minimum atomic E-state index is -0.483. The van der Waals surface area contributed by atoms with Crippen LogP contribution in [0.3, 0.4) is 0 Å². The summed E-state index contributed by atoms with van der Waals surface area (Å²) in [6.45, 7) is 2.86. The molecule has 0 fully saturated rings. The highest BCUT2D eigenvalue weighted by molar-refractivity contribution is 5.99. The van der Waals surface area contributed by atoms with Crippen molar-refractivity contribution < 1.29 is 4.92 Å². The van der Waals surface area contributed by atoms with Crippen LogP contribution in [0.15, 0.2) is 78.2 Å². The van der Waals surface area contributed by atoms with Crippen LogP contribution in [0.2, 0.25) is 0 Å². The fraction of sp³-hybridized carbons (Fsp3) is 0.0909. The Morgan fingerprint density at radius 2 is 2.03 bits per heavy atom. The van der Waals surface area contributed by atoms with Gasteiger partial charge in [0.15, 0.2) is 0 Å². The van der Waals surface area contributed by atoms with Gasteiger partial charge in [0.1, 0.15) is 12.0 Å². The second kappa shape index (κ2) is 7.93. The molecule has 4 rings (SSSR count). The molecule has 29 heavy (non-hydrogen) atoms. The zero-order valence-corrected chi connectivity index (χ0v) is 15.8. The number of para-hydroxylation sites is 1. The molecule has 0 saturated carbocycles. The predicted molar refractivity (Wildman–Crippen MR) is 114 cm³/mol. The SMILES string of the molecule is Cc1cccc(Cn2cc(/C=N\Nc3ccc([N+](=O)[O-])cn3)c3ccccc32)c1. The van der Waals surface area contributed by atoms with E-state index >= 15 is 0 Å². The zero-order valence-electron chi connectivity index (χ0n) is 15.8. The summed E-state index contributed by atoms with van der Waals surface area (Å²) >= 11 is 0. The molecule has 0 aliphatic carbocycles. The largest absolute Gasteiger partial charge is 0.342 e. The molecule has 0 unspecified atom stereocenters. The molecule has 0 aliphatic heterocycles. The molecule has 2 aromatic heterocycles. The monoisotopic (exact) mass is 385 g/mol. The van der Waals surface area contributed by atoms with Crippen molar-refractivity contribution >= 4 is 28.6 Å². The van der Waals surface area contributed by atoms with Gasteiger partial charge in [-0.15, -0.1) is 0 Å². The number of anilines is 1. The number of hydrazone groups is 1. The van der Waals surface area contributed by atoms with E-state index < -0.39 is 4.92 Å². The van der Waals surface area contributed by atoms with E-state index in [0.717, 1.165) is 23.0 Å². The Bertz CT molecular complexity index is 1200. The van der Waals surface area contributed by atoms with Crippen molar-refractivity contribution in [2.75, 3.05) is 5.43 Å². The van der Waals surface area contributed by atoms with Gasteiger partial charge in [0.2, 0.25) is 0 Å². The quantitative estimate of drug-likeness (QED) is 0.295. The minimum absolute atomic E-state index is 0.0567. The van der Waals surface area contributed by atoms with Crippen LogP contribution >= 0.6 is 0 Å². The number of hydrogen-bond acceptors (Lipinski definition) is 5. The number of rotatable bonds is 6. The number of aryl methyl sites for hydroxylation is 1. The van der Waals surface area contributed by atoms with Gasteiger partial charge < -0.3 is 4.57 Å². The van der Waals surface area contributed by atoms with Gasteiger partial charge in [0.25, 0.3) is 5.69 Å². The molecular weight excluding hydrogens is 366 g/mol. The normalized spacial score (nSPS) is 11.2. The molecule has 0 saturated heterocycles. The lowest BCUT2D eigenvalue weighted by Gasteiger charge is -2.06. The van der Waals surface area contributed by atoms with E-state index in [2.05, 4.69) is 69.6 Å². The minimum Gasteiger partial charge on any atom is -0.342 e. The molecule has 0 spiro atoms. The predicted octanol–water partition coefficient (Wildman–Crippen LogP) is 4.75. The summed E-state index contributed by atoms with van der Waals surface area (Å²) in [4.78, 5) is 14.2. The number of pyridine rings is 1. The molecule has 0 amide bonds. The van der Waals surface area contributed by atoms with E-state index in [9.17, 15) is 10.1 Å². The summed E-state index contributed by atoms with van der Waals surface area (Å²) in [5, 5.41) is 16.1. The van der Waals surface area contributed by atoms with Gasteiger partial charge in [-0.05, 0) is 24.6 Å². The van der Waals surface area contributed by atoms with Crippen molar-refractivity contribution in [1.82, 2.24) is 9.55 Å². The second-order valence-electron chi connectivity index (χ2n) is 6.75. The van der Waals surface area contributed by atoms with Crippen molar-refractivity contribution in [3.8, 4) is 0 Å². The van der Waals surface area contributed by atoms with Gasteiger partial charge in [-0.1, -0.05) is 48.0 Å². The van der Waals surface area contributed by atoms with E-state index in [1.165, 1.54) is 29.5 Å². The number of aromatic nitrogens is 2. The Morgan fingerprint density at radius 3 is 2.79 bits per heavy atom. The Morgan fingerprint density at radius 1 is 1.17 bits per heavy atom. The number of nitrogens with zero attached hydrogens (tertiary/aromatic N) is 4. The van der Waals surface area contributed by atoms with E-state index in [1.807, 2.05) is 12.1 Å². The average Bonchev–Trinajstić information content (AvgIpc) is 3.06. The Kier molecular flexibility index (Phi) is 5.03. The lowest BCUT2D eigenvalue weighted by molar-refractivity contribution is -0.385. The molecule has 7 heteroatoms. The molecular formula is C22H19N5O2. The third-order valence-electron chi connectivity index (χ3n) is 4.60. The zero-order chi connectivity index (χ0) is 20.2. The summed E-state index contributed by atoms with van der Waals surface area (Å²) in [7, 11) is 0. The van der Waals surface area contributed by atoms with Crippen LogP contribution in [0.5, 0.6) is 0 Å². The Labute approximate surface area is 167 Å². The molecule has 2 heterocycles. The van der Waals surface area contributed by atoms with Crippen LogP contribution in [-0.2, 0) is 6.54 Å². The van der Waals surface area contributed by atoms with Crippen LogP contribution in [-0.4, -0.2) is 20.7 Å². The Hall–Kier alpha value is -4.00. The topological polar surface area (TPSA) is 85.3 Å². The first-order valence-electron chi connectivity index (χ1n) is 9.13.